The number of aliphatic carboxylic acids is 1. The van der Waals surface area contributed by atoms with Crippen LogP contribution in [0.5, 0.6) is 0 Å². The summed E-state index contributed by atoms with van der Waals surface area (Å²) in [7, 11) is 0. The van der Waals surface area contributed by atoms with Crippen molar-refractivity contribution < 1.29 is 14.7 Å². The van der Waals surface area contributed by atoms with Gasteiger partial charge in [-0.15, -0.1) is 11.3 Å². The predicted molar refractivity (Wildman–Crippen MR) is 132 cm³/mol. The number of nitrogens with one attached hydrogen (secondary N) is 1. The van der Waals surface area contributed by atoms with E-state index in [2.05, 4.69) is 11.4 Å². The molecular formula is C25H24ClN3O3S. The van der Waals surface area contributed by atoms with E-state index in [1.54, 1.807) is 23.5 Å². The number of thiophene rings is 1. The lowest BCUT2D eigenvalue weighted by Gasteiger charge is -2.16. The minimum absolute atomic E-state index is 0.139. The zero-order valence-electron chi connectivity index (χ0n) is 18.3. The van der Waals surface area contributed by atoms with Crippen molar-refractivity contribution in [1.82, 2.24) is 14.9 Å². The number of carboxylic acid groups (broad SMARTS) is 1. The third-order valence-corrected chi connectivity index (χ3v) is 6.50. The summed E-state index contributed by atoms with van der Waals surface area (Å²) >= 11 is 8.17. The van der Waals surface area contributed by atoms with Gasteiger partial charge < -0.3 is 10.4 Å². The molecule has 33 heavy (non-hydrogen) atoms. The van der Waals surface area contributed by atoms with Gasteiger partial charge in [0.25, 0.3) is 5.91 Å². The second-order valence-corrected chi connectivity index (χ2v) is 9.71. The summed E-state index contributed by atoms with van der Waals surface area (Å²) in [5.41, 5.74) is 2.64. The smallest absolute Gasteiger partial charge is 0.326 e. The van der Waals surface area contributed by atoms with Crippen molar-refractivity contribution in [3.8, 4) is 5.69 Å². The molecular weight excluding hydrogens is 458 g/mol. The molecule has 1 amide bonds. The van der Waals surface area contributed by atoms with Crippen LogP contribution in [0.4, 0.5) is 0 Å². The number of nitrogens with zero attached hydrogens (tertiary/aromatic N) is 2. The predicted octanol–water partition coefficient (Wildman–Crippen LogP) is 5.56. The number of carboxylic acids is 1. The van der Waals surface area contributed by atoms with E-state index in [1.165, 1.54) is 0 Å². The van der Waals surface area contributed by atoms with Gasteiger partial charge in [0.15, 0.2) is 0 Å². The minimum Gasteiger partial charge on any atom is -0.480 e. The van der Waals surface area contributed by atoms with Gasteiger partial charge in [-0.2, -0.15) is 0 Å². The van der Waals surface area contributed by atoms with Gasteiger partial charge in [0.1, 0.15) is 11.9 Å². The number of imidazole rings is 1. The number of benzene rings is 2. The molecule has 0 saturated carbocycles. The molecule has 0 saturated heterocycles. The van der Waals surface area contributed by atoms with Crippen molar-refractivity contribution in [1.29, 1.82) is 0 Å². The molecule has 1 unspecified atom stereocenters. The van der Waals surface area contributed by atoms with E-state index in [0.29, 0.717) is 28.9 Å². The van der Waals surface area contributed by atoms with Crippen LogP contribution in [0.3, 0.4) is 0 Å². The zero-order valence-corrected chi connectivity index (χ0v) is 19.9. The number of carbonyl (C=O) groups is 2. The molecule has 170 valence electrons. The highest BCUT2D eigenvalue weighted by atomic mass is 35.5. The van der Waals surface area contributed by atoms with E-state index < -0.39 is 17.9 Å². The van der Waals surface area contributed by atoms with E-state index in [9.17, 15) is 14.7 Å². The highest BCUT2D eigenvalue weighted by Gasteiger charge is 2.23. The first-order valence-electron chi connectivity index (χ1n) is 10.7. The Morgan fingerprint density at radius 2 is 1.94 bits per heavy atom. The lowest BCUT2D eigenvalue weighted by Crippen LogP contribution is -2.41. The second kappa shape index (κ2) is 9.77. The van der Waals surface area contributed by atoms with Crippen molar-refractivity contribution in [3.63, 3.8) is 0 Å². The number of hydrogen-bond donors (Lipinski definition) is 2. The van der Waals surface area contributed by atoms with Crippen molar-refractivity contribution in [2.45, 2.75) is 32.7 Å². The molecule has 0 fully saturated rings. The van der Waals surface area contributed by atoms with Crippen LogP contribution in [0.1, 0.15) is 41.3 Å². The highest BCUT2D eigenvalue weighted by Crippen LogP contribution is 2.29. The quantitative estimate of drug-likeness (QED) is 0.345. The summed E-state index contributed by atoms with van der Waals surface area (Å²) in [6.45, 7) is 3.84. The van der Waals surface area contributed by atoms with Crippen molar-refractivity contribution in [2.24, 2.45) is 5.92 Å². The van der Waals surface area contributed by atoms with Crippen molar-refractivity contribution in [2.75, 3.05) is 0 Å². The largest absolute Gasteiger partial charge is 0.480 e. The van der Waals surface area contributed by atoms with Crippen LogP contribution in [-0.4, -0.2) is 32.6 Å². The highest BCUT2D eigenvalue weighted by molar-refractivity contribution is 7.09. The number of hydrogen-bond acceptors (Lipinski definition) is 4. The Labute approximate surface area is 200 Å². The first-order chi connectivity index (χ1) is 15.8. The Hall–Kier alpha value is -3.16. The fraction of sp³-hybridized carbons (Fsp3) is 0.240. The maximum atomic E-state index is 12.8. The van der Waals surface area contributed by atoms with Crippen molar-refractivity contribution in [3.05, 3.63) is 81.3 Å². The van der Waals surface area contributed by atoms with E-state index in [4.69, 9.17) is 16.6 Å². The molecule has 0 bridgehead atoms. The normalized spacial score (nSPS) is 12.2. The summed E-state index contributed by atoms with van der Waals surface area (Å²) in [6.07, 6.45) is 0.976. The summed E-state index contributed by atoms with van der Waals surface area (Å²) in [4.78, 5) is 30.4. The number of fused-ring (bicyclic) bond motifs is 1. The molecule has 8 heteroatoms. The second-order valence-electron chi connectivity index (χ2n) is 8.27. The van der Waals surface area contributed by atoms with Crippen LogP contribution in [0.25, 0.3) is 16.7 Å². The lowest BCUT2D eigenvalue weighted by molar-refractivity contribution is -0.139. The van der Waals surface area contributed by atoms with Crippen molar-refractivity contribution >= 4 is 45.8 Å². The number of halogens is 1. The van der Waals surface area contributed by atoms with Crippen LogP contribution in [-0.2, 0) is 11.2 Å². The van der Waals surface area contributed by atoms with Crippen LogP contribution in [0.2, 0.25) is 5.02 Å². The molecule has 4 aromatic rings. The standard InChI is InChI=1S/C25H24ClN3O3S/c1-15(2)12-20(25(31)32)28-24(30)16-9-10-22-19(13-16)27-23(14-17-6-5-11-33-17)29(22)21-8-4-3-7-18(21)26/h3-11,13,15,20H,12,14H2,1-2H3,(H,28,30)(H,31,32). The Balaban J connectivity index is 1.74. The van der Waals surface area contributed by atoms with Crippen LogP contribution >= 0.6 is 22.9 Å². The van der Waals surface area contributed by atoms with Crippen LogP contribution < -0.4 is 5.32 Å². The Morgan fingerprint density at radius 3 is 2.61 bits per heavy atom. The molecule has 0 aliphatic carbocycles. The monoisotopic (exact) mass is 481 g/mol. The maximum absolute atomic E-state index is 12.8. The van der Waals surface area contributed by atoms with Gasteiger partial charge in [0.2, 0.25) is 0 Å². The Morgan fingerprint density at radius 1 is 1.15 bits per heavy atom. The SMILES string of the molecule is CC(C)CC(NC(=O)c1ccc2c(c1)nc(Cc1cccs1)n2-c1ccccc1Cl)C(=O)O. The molecule has 2 aromatic heterocycles. The number of para-hydroxylation sites is 1. The molecule has 1 atom stereocenters. The number of amides is 1. The van der Waals surface area contributed by atoms with E-state index >= 15 is 0 Å². The molecule has 4 rings (SSSR count). The fourth-order valence-corrected chi connectivity index (χ4v) is 4.72. The van der Waals surface area contributed by atoms with Gasteiger partial charge in [0, 0.05) is 16.9 Å². The average molecular weight is 482 g/mol. The summed E-state index contributed by atoms with van der Waals surface area (Å²) in [6, 6.07) is 15.9. The van der Waals surface area contributed by atoms with Gasteiger partial charge in [-0.25, -0.2) is 9.78 Å². The Kier molecular flexibility index (Phi) is 6.81. The van der Waals surface area contributed by atoms with Crippen LogP contribution in [0, 0.1) is 5.92 Å². The molecule has 2 aromatic carbocycles. The molecule has 0 spiro atoms. The zero-order chi connectivity index (χ0) is 23.5. The van der Waals surface area contributed by atoms with Gasteiger partial charge in [-0.3, -0.25) is 9.36 Å². The average Bonchev–Trinajstić information content (AvgIpc) is 3.40. The molecule has 0 aliphatic rings. The molecule has 0 aliphatic heterocycles. The molecule has 2 N–H and O–H groups in total. The molecule has 6 nitrogen and oxygen atoms in total. The topological polar surface area (TPSA) is 84.2 Å². The van der Waals surface area contributed by atoms with Crippen LogP contribution in [0.15, 0.2) is 60.0 Å². The lowest BCUT2D eigenvalue weighted by atomic mass is 10.0. The number of carbonyl (C=O) groups excluding carboxylic acids is 1. The third kappa shape index (κ3) is 5.10. The third-order valence-electron chi connectivity index (χ3n) is 5.30. The fourth-order valence-electron chi connectivity index (χ4n) is 3.80. The summed E-state index contributed by atoms with van der Waals surface area (Å²) in [5, 5.41) is 14.7. The summed E-state index contributed by atoms with van der Waals surface area (Å²) in [5.74, 6) is -0.530. The molecule has 2 heterocycles. The minimum atomic E-state index is -1.04. The van der Waals surface area contributed by atoms with Gasteiger partial charge in [-0.1, -0.05) is 43.6 Å². The van der Waals surface area contributed by atoms with E-state index in [-0.39, 0.29) is 5.92 Å². The van der Waals surface area contributed by atoms with Gasteiger partial charge in [0.05, 0.1) is 21.7 Å². The Bertz CT molecular complexity index is 1300. The first kappa shape index (κ1) is 23.0. The first-order valence-corrected chi connectivity index (χ1v) is 11.9. The van der Waals surface area contributed by atoms with E-state index in [1.807, 2.05) is 60.2 Å². The number of rotatable bonds is 8. The van der Waals surface area contributed by atoms with Gasteiger partial charge in [-0.05, 0) is 54.1 Å². The van der Waals surface area contributed by atoms with Gasteiger partial charge >= 0.3 is 5.97 Å². The van der Waals surface area contributed by atoms with E-state index in [0.717, 1.165) is 21.9 Å². The summed E-state index contributed by atoms with van der Waals surface area (Å²) < 4.78 is 2.01. The molecule has 0 radical (unpaired) electrons. The maximum Gasteiger partial charge on any atom is 0.326 e. The number of aromatic nitrogens is 2.